The number of unbranched alkanes of at least 4 members (excludes halogenated alkanes) is 6. The van der Waals surface area contributed by atoms with Crippen LogP contribution in [0.1, 0.15) is 70.0 Å². The van der Waals surface area contributed by atoms with Crippen molar-refractivity contribution >= 4 is 0 Å². The smallest absolute Gasteiger partial charge is 0.141 e. The van der Waals surface area contributed by atoms with Crippen molar-refractivity contribution < 1.29 is 4.39 Å². The Labute approximate surface area is 115 Å². The summed E-state index contributed by atoms with van der Waals surface area (Å²) in [5, 5.41) is 0. The molecule has 0 aliphatic carbocycles. The van der Waals surface area contributed by atoms with Gasteiger partial charge in [0.1, 0.15) is 5.82 Å². The summed E-state index contributed by atoms with van der Waals surface area (Å²) >= 11 is 0. The van der Waals surface area contributed by atoms with Crippen LogP contribution in [0.5, 0.6) is 0 Å². The Balaban J connectivity index is 2.20. The normalized spacial score (nSPS) is 12.6. The maximum atomic E-state index is 12.8. The number of hydrogen-bond acceptors (Lipinski definition) is 3. The quantitative estimate of drug-likeness (QED) is 0.384. The van der Waals surface area contributed by atoms with Gasteiger partial charge in [-0.25, -0.2) is 4.39 Å². The van der Waals surface area contributed by atoms with Crippen molar-refractivity contribution in [3.05, 3.63) is 29.8 Å². The Hall–Kier alpha value is -1.00. The lowest BCUT2D eigenvalue weighted by molar-refractivity contribution is 0.466. The van der Waals surface area contributed by atoms with E-state index in [1.165, 1.54) is 50.8 Å². The summed E-state index contributed by atoms with van der Waals surface area (Å²) in [7, 11) is 0. The van der Waals surface area contributed by atoms with Crippen LogP contribution in [0.3, 0.4) is 0 Å². The average Bonchev–Trinajstić information content (AvgIpc) is 2.43. The molecule has 4 heteroatoms. The Morgan fingerprint density at radius 2 is 1.84 bits per heavy atom. The van der Waals surface area contributed by atoms with Gasteiger partial charge in [-0.2, -0.15) is 0 Å². The van der Waals surface area contributed by atoms with Gasteiger partial charge in [0.2, 0.25) is 0 Å². The largest absolute Gasteiger partial charge is 0.271 e. The fraction of sp³-hybridized carbons (Fsp3) is 0.667. The molecule has 3 N–H and O–H groups in total. The van der Waals surface area contributed by atoms with Crippen molar-refractivity contribution in [2.24, 2.45) is 5.84 Å². The lowest BCUT2D eigenvalue weighted by Gasteiger charge is -2.15. The molecule has 0 bridgehead atoms. The Morgan fingerprint density at radius 1 is 1.16 bits per heavy atom. The molecule has 1 atom stereocenters. The van der Waals surface area contributed by atoms with Crippen LogP contribution in [0.2, 0.25) is 0 Å². The van der Waals surface area contributed by atoms with Gasteiger partial charge in [-0.05, 0) is 18.6 Å². The summed E-state index contributed by atoms with van der Waals surface area (Å²) in [4.78, 5) is 4.07. The Morgan fingerprint density at radius 3 is 2.42 bits per heavy atom. The molecule has 1 heterocycles. The number of nitrogens with two attached hydrogens (primary N) is 1. The summed E-state index contributed by atoms with van der Waals surface area (Å²) in [5.41, 5.74) is 3.58. The summed E-state index contributed by atoms with van der Waals surface area (Å²) in [6.07, 6.45) is 11.1. The molecule has 0 spiro atoms. The van der Waals surface area contributed by atoms with E-state index in [1.807, 2.05) is 0 Å². The summed E-state index contributed by atoms with van der Waals surface area (Å²) < 4.78 is 12.8. The molecule has 1 aromatic heterocycles. The first-order chi connectivity index (χ1) is 9.27. The first-order valence-electron chi connectivity index (χ1n) is 7.35. The molecule has 0 fully saturated rings. The van der Waals surface area contributed by atoms with Gasteiger partial charge in [-0.1, -0.05) is 51.9 Å². The van der Waals surface area contributed by atoms with E-state index in [2.05, 4.69) is 17.3 Å². The fourth-order valence-electron chi connectivity index (χ4n) is 2.22. The number of rotatable bonds is 10. The molecule has 1 aromatic rings. The fourth-order valence-corrected chi connectivity index (χ4v) is 2.22. The van der Waals surface area contributed by atoms with Gasteiger partial charge in [0, 0.05) is 0 Å². The van der Waals surface area contributed by atoms with Gasteiger partial charge in [0.25, 0.3) is 0 Å². The van der Waals surface area contributed by atoms with Crippen LogP contribution in [-0.2, 0) is 0 Å². The number of nitrogens with one attached hydrogen (secondary N) is 1. The monoisotopic (exact) mass is 267 g/mol. The second-order valence-corrected chi connectivity index (χ2v) is 5.03. The molecule has 1 rings (SSSR count). The molecule has 0 amide bonds. The standard InChI is InChI=1S/C15H26FN3/c1-2-3-4-5-6-7-8-9-15(19-17)14-11-10-13(16)12-18-14/h10-12,15,19H,2-9,17H2,1H3. The van der Waals surface area contributed by atoms with Gasteiger partial charge < -0.3 is 0 Å². The molecule has 1 unspecified atom stereocenters. The maximum Gasteiger partial charge on any atom is 0.141 e. The van der Waals surface area contributed by atoms with Gasteiger partial charge in [-0.15, -0.1) is 0 Å². The van der Waals surface area contributed by atoms with Crippen LogP contribution in [0.15, 0.2) is 18.3 Å². The van der Waals surface area contributed by atoms with Crippen LogP contribution in [0.25, 0.3) is 0 Å². The molecule has 108 valence electrons. The van der Waals surface area contributed by atoms with E-state index in [-0.39, 0.29) is 11.9 Å². The van der Waals surface area contributed by atoms with Gasteiger partial charge >= 0.3 is 0 Å². The molecule has 0 saturated heterocycles. The van der Waals surface area contributed by atoms with Crippen LogP contribution < -0.4 is 11.3 Å². The second kappa shape index (κ2) is 9.87. The highest BCUT2D eigenvalue weighted by atomic mass is 19.1. The zero-order valence-corrected chi connectivity index (χ0v) is 11.9. The van der Waals surface area contributed by atoms with Crippen molar-refractivity contribution in [1.29, 1.82) is 0 Å². The number of hydrogen-bond donors (Lipinski definition) is 2. The molecule has 0 aliphatic rings. The van der Waals surface area contributed by atoms with Crippen LogP contribution in [-0.4, -0.2) is 4.98 Å². The van der Waals surface area contributed by atoms with E-state index >= 15 is 0 Å². The molecule has 0 radical (unpaired) electrons. The third kappa shape index (κ3) is 6.64. The summed E-state index contributed by atoms with van der Waals surface area (Å²) in [6, 6.07) is 3.15. The van der Waals surface area contributed by atoms with E-state index in [9.17, 15) is 4.39 Å². The van der Waals surface area contributed by atoms with Gasteiger partial charge in [-0.3, -0.25) is 16.3 Å². The maximum absolute atomic E-state index is 12.8. The molecule has 0 aromatic carbocycles. The Kier molecular flexibility index (Phi) is 8.34. The van der Waals surface area contributed by atoms with E-state index < -0.39 is 0 Å². The van der Waals surface area contributed by atoms with Gasteiger partial charge in [0.05, 0.1) is 17.9 Å². The third-order valence-electron chi connectivity index (χ3n) is 3.40. The van der Waals surface area contributed by atoms with Crippen molar-refractivity contribution in [2.45, 2.75) is 64.3 Å². The average molecular weight is 267 g/mol. The van der Waals surface area contributed by atoms with Crippen LogP contribution in [0.4, 0.5) is 4.39 Å². The van der Waals surface area contributed by atoms with Crippen molar-refractivity contribution in [1.82, 2.24) is 10.4 Å². The highest BCUT2D eigenvalue weighted by molar-refractivity contribution is 5.09. The van der Waals surface area contributed by atoms with E-state index in [4.69, 9.17) is 5.84 Å². The van der Waals surface area contributed by atoms with Crippen LogP contribution in [0, 0.1) is 5.82 Å². The third-order valence-corrected chi connectivity index (χ3v) is 3.40. The zero-order chi connectivity index (χ0) is 13.9. The highest BCUT2D eigenvalue weighted by Gasteiger charge is 2.10. The predicted molar refractivity (Wildman–Crippen MR) is 76.9 cm³/mol. The van der Waals surface area contributed by atoms with Crippen LogP contribution >= 0.6 is 0 Å². The minimum atomic E-state index is -0.310. The molecule has 19 heavy (non-hydrogen) atoms. The molecule has 3 nitrogen and oxygen atoms in total. The van der Waals surface area contributed by atoms with Gasteiger partial charge in [0.15, 0.2) is 0 Å². The summed E-state index contributed by atoms with van der Waals surface area (Å²) in [5.74, 6) is 5.23. The van der Waals surface area contributed by atoms with E-state index in [0.29, 0.717) is 0 Å². The predicted octanol–water partition coefficient (Wildman–Crippen LogP) is 3.87. The SMILES string of the molecule is CCCCCCCCCC(NN)c1ccc(F)cn1. The topological polar surface area (TPSA) is 50.9 Å². The molecular formula is C15H26FN3. The number of pyridine rings is 1. The number of nitrogens with zero attached hydrogens (tertiary/aromatic N) is 1. The zero-order valence-electron chi connectivity index (χ0n) is 11.9. The minimum Gasteiger partial charge on any atom is -0.271 e. The number of aromatic nitrogens is 1. The molecular weight excluding hydrogens is 241 g/mol. The molecule has 0 saturated carbocycles. The number of hydrazine groups is 1. The number of halogens is 1. The van der Waals surface area contributed by atoms with Crippen molar-refractivity contribution in [2.75, 3.05) is 0 Å². The minimum absolute atomic E-state index is 0.0243. The Bertz CT molecular complexity index is 327. The summed E-state index contributed by atoms with van der Waals surface area (Å²) in [6.45, 7) is 2.23. The lowest BCUT2D eigenvalue weighted by atomic mass is 10.0. The molecule has 0 aliphatic heterocycles. The second-order valence-electron chi connectivity index (χ2n) is 5.03. The van der Waals surface area contributed by atoms with E-state index in [1.54, 1.807) is 6.07 Å². The van der Waals surface area contributed by atoms with Crippen molar-refractivity contribution in [3.8, 4) is 0 Å². The van der Waals surface area contributed by atoms with E-state index in [0.717, 1.165) is 18.5 Å². The lowest BCUT2D eigenvalue weighted by Crippen LogP contribution is -2.28. The highest BCUT2D eigenvalue weighted by Crippen LogP contribution is 2.18. The first kappa shape index (κ1) is 16.1. The first-order valence-corrected chi connectivity index (χ1v) is 7.35. The van der Waals surface area contributed by atoms with Crippen molar-refractivity contribution in [3.63, 3.8) is 0 Å².